The van der Waals surface area contributed by atoms with E-state index in [0.29, 0.717) is 47.5 Å². The Kier molecular flexibility index (Phi) is 5.04. The van der Waals surface area contributed by atoms with Gasteiger partial charge in [0.25, 0.3) is 0 Å². The first-order valence-electron chi connectivity index (χ1n) is 6.95. The van der Waals surface area contributed by atoms with E-state index in [1.165, 1.54) is 20.3 Å². The van der Waals surface area contributed by atoms with E-state index < -0.39 is 5.97 Å². The van der Waals surface area contributed by atoms with E-state index in [1.54, 1.807) is 12.1 Å². The molecule has 2 rings (SSSR count). The largest absolute Gasteiger partial charge is 0.496 e. The number of carbonyl (C=O) groups is 1. The number of aryl methyl sites for hydroxylation is 1. The fourth-order valence-corrected chi connectivity index (χ4v) is 2.26. The number of ether oxygens (including phenoxy) is 2. The molecule has 1 aromatic carbocycles. The second kappa shape index (κ2) is 6.98. The zero-order valence-corrected chi connectivity index (χ0v) is 12.5. The first kappa shape index (κ1) is 15.9. The third kappa shape index (κ3) is 3.58. The van der Waals surface area contributed by atoms with Gasteiger partial charge in [-0.15, -0.1) is 0 Å². The molecule has 6 nitrogen and oxygen atoms in total. The minimum absolute atomic E-state index is 0.111. The quantitative estimate of drug-likeness (QED) is 0.791. The van der Waals surface area contributed by atoms with Crippen molar-refractivity contribution in [1.82, 2.24) is 0 Å². The predicted octanol–water partition coefficient (Wildman–Crippen LogP) is 2.61. The van der Waals surface area contributed by atoms with Crippen LogP contribution in [0.15, 0.2) is 27.4 Å². The number of fused-ring (bicyclic) bond motifs is 1. The molecular formula is C16H18O6. The van der Waals surface area contributed by atoms with Gasteiger partial charge in [0.1, 0.15) is 28.2 Å². The SMILES string of the molecule is COc1cc(OC)c2c(=O)cc(CCCCC(=O)O)oc2c1. The van der Waals surface area contributed by atoms with E-state index in [4.69, 9.17) is 19.0 Å². The van der Waals surface area contributed by atoms with Crippen LogP contribution in [0.25, 0.3) is 11.0 Å². The Morgan fingerprint density at radius 3 is 2.59 bits per heavy atom. The molecule has 0 saturated heterocycles. The zero-order valence-electron chi connectivity index (χ0n) is 12.5. The highest BCUT2D eigenvalue weighted by atomic mass is 16.5. The highest BCUT2D eigenvalue weighted by molar-refractivity contribution is 5.85. The molecule has 0 bridgehead atoms. The number of hydrogen-bond acceptors (Lipinski definition) is 5. The van der Waals surface area contributed by atoms with Crippen LogP contribution in [-0.2, 0) is 11.2 Å². The molecule has 1 aromatic heterocycles. The van der Waals surface area contributed by atoms with E-state index in [0.717, 1.165) is 0 Å². The smallest absolute Gasteiger partial charge is 0.303 e. The normalized spacial score (nSPS) is 10.6. The van der Waals surface area contributed by atoms with Crippen LogP contribution in [0.5, 0.6) is 11.5 Å². The molecule has 0 fully saturated rings. The van der Waals surface area contributed by atoms with E-state index in [-0.39, 0.29) is 11.8 Å². The molecule has 0 aliphatic carbocycles. The first-order valence-corrected chi connectivity index (χ1v) is 6.95. The molecular weight excluding hydrogens is 288 g/mol. The number of carboxylic acids is 1. The zero-order chi connectivity index (χ0) is 16.1. The van der Waals surface area contributed by atoms with Crippen LogP contribution in [0.1, 0.15) is 25.0 Å². The second-order valence-electron chi connectivity index (χ2n) is 4.88. The Morgan fingerprint density at radius 2 is 1.95 bits per heavy atom. The molecule has 2 aromatic rings. The Hall–Kier alpha value is -2.50. The standard InChI is InChI=1S/C16H18O6/c1-20-11-8-13(21-2)16-12(17)7-10(22-14(16)9-11)5-3-4-6-15(18)19/h7-9H,3-6H2,1-2H3,(H,18,19). The van der Waals surface area contributed by atoms with Crippen molar-refractivity contribution in [3.05, 3.63) is 34.2 Å². The Labute approximate surface area is 127 Å². The summed E-state index contributed by atoms with van der Waals surface area (Å²) in [6.45, 7) is 0. The maximum absolute atomic E-state index is 12.2. The van der Waals surface area contributed by atoms with Gasteiger partial charge in [-0.05, 0) is 12.8 Å². The predicted molar refractivity (Wildman–Crippen MR) is 80.8 cm³/mol. The summed E-state index contributed by atoms with van der Waals surface area (Å²) in [5.74, 6) is 0.642. The van der Waals surface area contributed by atoms with Crippen molar-refractivity contribution in [3.63, 3.8) is 0 Å². The lowest BCUT2D eigenvalue weighted by molar-refractivity contribution is -0.137. The van der Waals surface area contributed by atoms with Crippen LogP contribution in [0.4, 0.5) is 0 Å². The summed E-state index contributed by atoms with van der Waals surface area (Å²) >= 11 is 0. The van der Waals surface area contributed by atoms with Gasteiger partial charge in [0.2, 0.25) is 0 Å². The monoisotopic (exact) mass is 306 g/mol. The van der Waals surface area contributed by atoms with Crippen LogP contribution in [0.3, 0.4) is 0 Å². The number of hydrogen-bond donors (Lipinski definition) is 1. The number of methoxy groups -OCH3 is 2. The van der Waals surface area contributed by atoms with Gasteiger partial charge in [0, 0.05) is 31.0 Å². The molecule has 0 unspecified atom stereocenters. The summed E-state index contributed by atoms with van der Waals surface area (Å²) < 4.78 is 16.1. The molecule has 0 amide bonds. The highest BCUT2D eigenvalue weighted by Crippen LogP contribution is 2.29. The topological polar surface area (TPSA) is 86.0 Å². The molecule has 0 atom stereocenters. The van der Waals surface area contributed by atoms with Crippen molar-refractivity contribution < 1.29 is 23.8 Å². The highest BCUT2D eigenvalue weighted by Gasteiger charge is 2.12. The lowest BCUT2D eigenvalue weighted by atomic mass is 10.1. The summed E-state index contributed by atoms with van der Waals surface area (Å²) in [6, 6.07) is 4.70. The van der Waals surface area contributed by atoms with Crippen LogP contribution >= 0.6 is 0 Å². The van der Waals surface area contributed by atoms with E-state index in [1.807, 2.05) is 0 Å². The summed E-state index contributed by atoms with van der Waals surface area (Å²) in [5.41, 5.74) is 0.214. The number of aliphatic carboxylic acids is 1. The van der Waals surface area contributed by atoms with Crippen LogP contribution in [0, 0.1) is 0 Å². The van der Waals surface area contributed by atoms with E-state index in [9.17, 15) is 9.59 Å². The van der Waals surface area contributed by atoms with E-state index >= 15 is 0 Å². The third-order valence-corrected chi connectivity index (χ3v) is 3.34. The maximum Gasteiger partial charge on any atom is 0.303 e. The number of carboxylic acid groups (broad SMARTS) is 1. The van der Waals surface area contributed by atoms with Gasteiger partial charge in [0.15, 0.2) is 5.43 Å². The van der Waals surface area contributed by atoms with Gasteiger partial charge >= 0.3 is 5.97 Å². The average Bonchev–Trinajstić information content (AvgIpc) is 2.50. The van der Waals surface area contributed by atoms with Crippen molar-refractivity contribution in [3.8, 4) is 11.5 Å². The Morgan fingerprint density at radius 1 is 1.18 bits per heavy atom. The molecule has 0 aliphatic rings. The lowest BCUT2D eigenvalue weighted by Gasteiger charge is -2.09. The molecule has 6 heteroatoms. The van der Waals surface area contributed by atoms with Crippen LogP contribution in [-0.4, -0.2) is 25.3 Å². The molecule has 118 valence electrons. The maximum atomic E-state index is 12.2. The number of rotatable bonds is 7. The van der Waals surface area contributed by atoms with Gasteiger partial charge in [-0.2, -0.15) is 0 Å². The Balaban J connectivity index is 2.31. The van der Waals surface area contributed by atoms with Crippen molar-refractivity contribution in [2.75, 3.05) is 14.2 Å². The molecule has 1 N–H and O–H groups in total. The minimum atomic E-state index is -0.825. The molecule has 0 spiro atoms. The number of unbranched alkanes of at least 4 members (excludes halogenated alkanes) is 1. The van der Waals surface area contributed by atoms with Crippen molar-refractivity contribution in [2.45, 2.75) is 25.7 Å². The van der Waals surface area contributed by atoms with Gasteiger partial charge in [-0.1, -0.05) is 0 Å². The average molecular weight is 306 g/mol. The van der Waals surface area contributed by atoms with Gasteiger partial charge in [-0.3, -0.25) is 9.59 Å². The minimum Gasteiger partial charge on any atom is -0.496 e. The molecule has 1 heterocycles. The van der Waals surface area contributed by atoms with Gasteiger partial charge in [-0.25, -0.2) is 0 Å². The van der Waals surface area contributed by atoms with Crippen molar-refractivity contribution in [2.24, 2.45) is 0 Å². The molecule has 0 radical (unpaired) electrons. The summed E-state index contributed by atoms with van der Waals surface area (Å²) in [4.78, 5) is 22.7. The first-order chi connectivity index (χ1) is 10.5. The molecule has 0 aliphatic heterocycles. The second-order valence-corrected chi connectivity index (χ2v) is 4.88. The van der Waals surface area contributed by atoms with Crippen molar-refractivity contribution >= 4 is 16.9 Å². The van der Waals surface area contributed by atoms with E-state index in [2.05, 4.69) is 0 Å². The fraction of sp³-hybridized carbons (Fsp3) is 0.375. The summed E-state index contributed by atoms with van der Waals surface area (Å²) in [6.07, 6.45) is 1.80. The Bertz CT molecular complexity index is 731. The third-order valence-electron chi connectivity index (χ3n) is 3.34. The van der Waals surface area contributed by atoms with Crippen LogP contribution < -0.4 is 14.9 Å². The molecule has 22 heavy (non-hydrogen) atoms. The fourth-order valence-electron chi connectivity index (χ4n) is 2.26. The summed E-state index contributed by atoms with van der Waals surface area (Å²) in [7, 11) is 3.00. The van der Waals surface area contributed by atoms with Gasteiger partial charge < -0.3 is 19.0 Å². The van der Waals surface area contributed by atoms with Crippen molar-refractivity contribution in [1.29, 1.82) is 0 Å². The number of benzene rings is 1. The summed E-state index contributed by atoms with van der Waals surface area (Å²) in [5, 5.41) is 8.98. The lowest BCUT2D eigenvalue weighted by Crippen LogP contribution is -2.05. The molecule has 0 saturated carbocycles. The van der Waals surface area contributed by atoms with Crippen LogP contribution in [0.2, 0.25) is 0 Å². The van der Waals surface area contributed by atoms with Gasteiger partial charge in [0.05, 0.1) is 14.2 Å².